The Hall–Kier alpha value is -1.63. The van der Waals surface area contributed by atoms with E-state index in [4.69, 9.17) is 5.53 Å². The third-order valence-electron chi connectivity index (χ3n) is 1.40. The quantitative estimate of drug-likeness (QED) is 0.337. The standard InChI is InChI=1S/C7H8N4O3S/c1-15(12,13)14-5-6-2-3-7(9-4-6)10-11-8/h2-4H,5H2,1H3. The molecule has 8 heteroatoms. The van der Waals surface area contributed by atoms with E-state index >= 15 is 0 Å². The van der Waals surface area contributed by atoms with Gasteiger partial charge in [0.25, 0.3) is 10.1 Å². The first kappa shape index (κ1) is 11.4. The van der Waals surface area contributed by atoms with Crippen LogP contribution < -0.4 is 0 Å². The maximum Gasteiger partial charge on any atom is 0.264 e. The third kappa shape index (κ3) is 4.41. The molecule has 15 heavy (non-hydrogen) atoms. The SMILES string of the molecule is CS(=O)(=O)OCc1ccc(N=[N+]=[N-])nc1. The van der Waals surface area contributed by atoms with Crippen LogP contribution in [0, 0.1) is 0 Å². The predicted molar refractivity (Wildman–Crippen MR) is 52.7 cm³/mol. The summed E-state index contributed by atoms with van der Waals surface area (Å²) in [4.78, 5) is 6.33. The lowest BCUT2D eigenvalue weighted by Crippen LogP contribution is -2.02. The van der Waals surface area contributed by atoms with Crippen molar-refractivity contribution in [2.75, 3.05) is 6.26 Å². The van der Waals surface area contributed by atoms with E-state index in [9.17, 15) is 8.42 Å². The first-order valence-electron chi connectivity index (χ1n) is 3.86. The first-order chi connectivity index (χ1) is 7.01. The van der Waals surface area contributed by atoms with E-state index < -0.39 is 10.1 Å². The molecule has 1 rings (SSSR count). The molecular formula is C7H8N4O3S. The first-order valence-corrected chi connectivity index (χ1v) is 5.67. The van der Waals surface area contributed by atoms with Gasteiger partial charge in [-0.05, 0) is 22.3 Å². The van der Waals surface area contributed by atoms with Crippen molar-refractivity contribution in [1.82, 2.24) is 4.98 Å². The zero-order chi connectivity index (χ0) is 11.3. The van der Waals surface area contributed by atoms with Gasteiger partial charge in [-0.1, -0.05) is 6.07 Å². The van der Waals surface area contributed by atoms with Crippen LogP contribution in [0.3, 0.4) is 0 Å². The second-order valence-corrected chi connectivity index (χ2v) is 4.32. The van der Waals surface area contributed by atoms with Crippen LogP contribution in [0.2, 0.25) is 0 Å². The van der Waals surface area contributed by atoms with E-state index in [-0.39, 0.29) is 12.4 Å². The summed E-state index contributed by atoms with van der Waals surface area (Å²) in [5, 5.41) is 3.27. The van der Waals surface area contributed by atoms with Crippen molar-refractivity contribution in [3.8, 4) is 0 Å². The maximum absolute atomic E-state index is 10.7. The molecule has 0 saturated carbocycles. The fraction of sp³-hybridized carbons (Fsp3) is 0.286. The van der Waals surface area contributed by atoms with Crippen LogP contribution in [0.25, 0.3) is 10.4 Å². The topological polar surface area (TPSA) is 105 Å². The molecule has 0 fully saturated rings. The summed E-state index contributed by atoms with van der Waals surface area (Å²) >= 11 is 0. The van der Waals surface area contributed by atoms with Crippen LogP contribution in [0.4, 0.5) is 5.82 Å². The van der Waals surface area contributed by atoms with Crippen LogP contribution in [0.15, 0.2) is 23.4 Å². The number of hydrogen-bond donors (Lipinski definition) is 0. The minimum absolute atomic E-state index is 0.0810. The van der Waals surface area contributed by atoms with Gasteiger partial charge in [-0.25, -0.2) is 0 Å². The Morgan fingerprint density at radius 1 is 1.60 bits per heavy atom. The molecule has 1 aromatic rings. The monoisotopic (exact) mass is 228 g/mol. The molecule has 0 unspecified atom stereocenters. The molecule has 0 aliphatic heterocycles. The molecule has 0 atom stereocenters. The van der Waals surface area contributed by atoms with Crippen LogP contribution in [0.1, 0.15) is 5.56 Å². The fourth-order valence-electron chi connectivity index (χ4n) is 0.782. The van der Waals surface area contributed by atoms with Crippen molar-refractivity contribution in [3.05, 3.63) is 34.3 Å². The van der Waals surface area contributed by atoms with Gasteiger partial charge in [-0.2, -0.15) is 8.42 Å². The Bertz CT molecular complexity index is 475. The summed E-state index contributed by atoms with van der Waals surface area (Å²) in [6.45, 7) is -0.0810. The lowest BCUT2D eigenvalue weighted by molar-refractivity contribution is 0.311. The maximum atomic E-state index is 10.7. The number of azide groups is 1. The van der Waals surface area contributed by atoms with Crippen LogP contribution in [-0.2, 0) is 20.9 Å². The summed E-state index contributed by atoms with van der Waals surface area (Å²) < 4.78 is 25.9. The summed E-state index contributed by atoms with van der Waals surface area (Å²) in [6, 6.07) is 3.04. The van der Waals surface area contributed by atoms with Crippen molar-refractivity contribution in [2.45, 2.75) is 6.61 Å². The van der Waals surface area contributed by atoms with Gasteiger partial charge >= 0.3 is 0 Å². The van der Waals surface area contributed by atoms with E-state index in [1.54, 1.807) is 6.07 Å². The molecule has 0 aromatic carbocycles. The number of hydrogen-bond acceptors (Lipinski definition) is 5. The zero-order valence-electron chi connectivity index (χ0n) is 7.86. The average molecular weight is 228 g/mol. The molecule has 0 aliphatic carbocycles. The Kier molecular flexibility index (Phi) is 3.62. The van der Waals surface area contributed by atoms with Crippen molar-refractivity contribution in [3.63, 3.8) is 0 Å². The number of pyridine rings is 1. The highest BCUT2D eigenvalue weighted by Gasteiger charge is 2.02. The highest BCUT2D eigenvalue weighted by molar-refractivity contribution is 7.85. The minimum atomic E-state index is -3.45. The second kappa shape index (κ2) is 4.74. The van der Waals surface area contributed by atoms with Gasteiger partial charge in [0.1, 0.15) is 5.82 Å². The van der Waals surface area contributed by atoms with E-state index in [1.807, 2.05) is 0 Å². The Morgan fingerprint density at radius 2 is 2.33 bits per heavy atom. The summed E-state index contributed by atoms with van der Waals surface area (Å²) in [5.74, 6) is 0.223. The summed E-state index contributed by atoms with van der Waals surface area (Å²) in [5.41, 5.74) is 8.69. The van der Waals surface area contributed by atoms with Crippen LogP contribution in [-0.4, -0.2) is 19.7 Å². The molecule has 0 bridgehead atoms. The molecule has 0 N–H and O–H groups in total. The third-order valence-corrected chi connectivity index (χ3v) is 1.94. The molecule has 0 amide bonds. The van der Waals surface area contributed by atoms with Gasteiger partial charge in [0.05, 0.1) is 12.9 Å². The molecule has 0 radical (unpaired) electrons. The molecule has 1 aromatic heterocycles. The van der Waals surface area contributed by atoms with Gasteiger partial charge in [0.15, 0.2) is 0 Å². The Morgan fingerprint density at radius 3 is 2.80 bits per heavy atom. The molecule has 0 spiro atoms. The smallest absolute Gasteiger partial charge is 0.264 e. The predicted octanol–water partition coefficient (Wildman–Crippen LogP) is 1.50. The normalized spacial score (nSPS) is 10.7. The van der Waals surface area contributed by atoms with Gasteiger partial charge in [-0.15, -0.1) is 0 Å². The molecule has 1 heterocycles. The van der Waals surface area contributed by atoms with Crippen LogP contribution in [0.5, 0.6) is 0 Å². The number of aromatic nitrogens is 1. The molecule has 0 saturated heterocycles. The van der Waals surface area contributed by atoms with Gasteiger partial charge in [0.2, 0.25) is 0 Å². The Labute approximate surface area is 86.5 Å². The fourth-order valence-corrected chi connectivity index (χ4v) is 1.13. The molecular weight excluding hydrogens is 220 g/mol. The molecule has 7 nitrogen and oxygen atoms in total. The van der Waals surface area contributed by atoms with Crippen LogP contribution >= 0.6 is 0 Å². The van der Waals surface area contributed by atoms with Gasteiger partial charge in [0, 0.05) is 11.1 Å². The molecule has 0 aliphatic rings. The highest BCUT2D eigenvalue weighted by Crippen LogP contribution is 2.09. The number of rotatable bonds is 4. The van der Waals surface area contributed by atoms with E-state index in [0.29, 0.717) is 5.56 Å². The van der Waals surface area contributed by atoms with E-state index in [2.05, 4.69) is 19.2 Å². The van der Waals surface area contributed by atoms with E-state index in [0.717, 1.165) is 6.26 Å². The lowest BCUT2D eigenvalue weighted by atomic mass is 10.3. The second-order valence-electron chi connectivity index (χ2n) is 2.68. The Balaban J connectivity index is 2.69. The largest absolute Gasteiger partial charge is 0.265 e. The highest BCUT2D eigenvalue weighted by atomic mass is 32.2. The van der Waals surface area contributed by atoms with E-state index in [1.165, 1.54) is 12.3 Å². The summed E-state index contributed by atoms with van der Waals surface area (Å²) in [7, 11) is -3.45. The molecule has 80 valence electrons. The average Bonchev–Trinajstić information content (AvgIpc) is 2.16. The van der Waals surface area contributed by atoms with Gasteiger partial charge < -0.3 is 0 Å². The minimum Gasteiger partial charge on any atom is -0.265 e. The lowest BCUT2D eigenvalue weighted by Gasteiger charge is -2.00. The van der Waals surface area contributed by atoms with Crippen molar-refractivity contribution in [1.29, 1.82) is 0 Å². The number of nitrogens with zero attached hydrogens (tertiary/aromatic N) is 4. The van der Waals surface area contributed by atoms with Crippen molar-refractivity contribution in [2.24, 2.45) is 5.11 Å². The van der Waals surface area contributed by atoms with Gasteiger partial charge in [-0.3, -0.25) is 9.17 Å². The van der Waals surface area contributed by atoms with Crippen molar-refractivity contribution >= 4 is 15.9 Å². The zero-order valence-corrected chi connectivity index (χ0v) is 8.68. The van der Waals surface area contributed by atoms with Crippen molar-refractivity contribution < 1.29 is 12.6 Å². The summed E-state index contributed by atoms with van der Waals surface area (Å²) in [6.07, 6.45) is 2.35.